The summed E-state index contributed by atoms with van der Waals surface area (Å²) in [5, 5.41) is 4.99. The summed E-state index contributed by atoms with van der Waals surface area (Å²) in [6.07, 6.45) is 1.12. The van der Waals surface area contributed by atoms with Crippen molar-refractivity contribution in [3.05, 3.63) is 58.4 Å². The van der Waals surface area contributed by atoms with Crippen molar-refractivity contribution in [3.8, 4) is 10.6 Å². The van der Waals surface area contributed by atoms with Crippen LogP contribution in [0.1, 0.15) is 25.8 Å². The molecule has 1 aliphatic heterocycles. The van der Waals surface area contributed by atoms with Gasteiger partial charge in [-0.2, -0.15) is 0 Å². The van der Waals surface area contributed by atoms with Gasteiger partial charge in [0.1, 0.15) is 10.6 Å². The van der Waals surface area contributed by atoms with Crippen LogP contribution >= 0.6 is 11.3 Å². The molecule has 0 saturated heterocycles. The van der Waals surface area contributed by atoms with E-state index in [0.717, 1.165) is 65.3 Å². The number of nitrogens with one attached hydrogen (secondary N) is 2. The Morgan fingerprint density at radius 3 is 2.75 bits per heavy atom. The zero-order valence-electron chi connectivity index (χ0n) is 18.1. The van der Waals surface area contributed by atoms with Crippen molar-refractivity contribution in [2.75, 3.05) is 31.1 Å². The van der Waals surface area contributed by atoms with Crippen LogP contribution in [0.5, 0.6) is 0 Å². The molecule has 8 heteroatoms. The van der Waals surface area contributed by atoms with Gasteiger partial charge in [0.2, 0.25) is 0 Å². The second-order valence-corrected chi connectivity index (χ2v) is 8.66. The van der Waals surface area contributed by atoms with Crippen LogP contribution in [0.3, 0.4) is 0 Å². The maximum atomic E-state index is 12.8. The summed E-state index contributed by atoms with van der Waals surface area (Å²) in [5.74, 6) is 1.05. The Morgan fingerprint density at radius 2 is 2.00 bits per heavy atom. The van der Waals surface area contributed by atoms with E-state index >= 15 is 0 Å². The van der Waals surface area contributed by atoms with E-state index in [-0.39, 0.29) is 18.0 Å². The zero-order chi connectivity index (χ0) is 21.4. The molecule has 6 nitrogen and oxygen atoms in total. The minimum Gasteiger partial charge on any atom is -1.00 e. The largest absolute Gasteiger partial charge is 1.00 e. The quantitative estimate of drug-likeness (QED) is 0.395. The molecule has 5 rings (SSSR count). The molecule has 0 amide bonds. The maximum absolute atomic E-state index is 12.8. The monoisotopic (exact) mass is 468 g/mol. The molecule has 0 aliphatic carbocycles. The van der Waals surface area contributed by atoms with Crippen molar-refractivity contribution >= 4 is 44.0 Å². The molecule has 0 radical (unpaired) electrons. The Hall–Kier alpha value is -2.90. The molecule has 166 valence electrons. The Bertz CT molecular complexity index is 1360. The van der Waals surface area contributed by atoms with Crippen LogP contribution in [0.4, 0.5) is 5.69 Å². The highest BCUT2D eigenvalue weighted by Gasteiger charge is 2.17. The van der Waals surface area contributed by atoms with Gasteiger partial charge in [0.25, 0.3) is 5.84 Å². The highest BCUT2D eigenvalue weighted by Crippen LogP contribution is 2.31. The maximum Gasteiger partial charge on any atom is 0.346 e. The van der Waals surface area contributed by atoms with E-state index in [4.69, 9.17) is 9.40 Å². The first-order chi connectivity index (χ1) is 15.2. The van der Waals surface area contributed by atoms with Crippen LogP contribution in [0.25, 0.3) is 31.8 Å². The Balaban J connectivity index is 0.00000245. The number of nitrogens with zero attached hydrogens (tertiary/aromatic N) is 2. The molecule has 1 aliphatic rings. The van der Waals surface area contributed by atoms with E-state index in [1.807, 2.05) is 24.3 Å². The van der Waals surface area contributed by atoms with Gasteiger partial charge in [-0.25, -0.2) is 9.78 Å². The summed E-state index contributed by atoms with van der Waals surface area (Å²) in [4.78, 5) is 23.2. The van der Waals surface area contributed by atoms with Gasteiger partial charge in [0.15, 0.2) is 0 Å². The lowest BCUT2D eigenvalue weighted by atomic mass is 10.1. The van der Waals surface area contributed by atoms with Gasteiger partial charge in [0.05, 0.1) is 34.4 Å². The Kier molecular flexibility index (Phi) is 6.48. The van der Waals surface area contributed by atoms with E-state index in [2.05, 4.69) is 47.3 Å². The van der Waals surface area contributed by atoms with Crippen molar-refractivity contribution in [2.45, 2.75) is 20.3 Å². The van der Waals surface area contributed by atoms with Gasteiger partial charge in [-0.15, -0.1) is 11.3 Å². The Morgan fingerprint density at radius 1 is 1.16 bits per heavy atom. The van der Waals surface area contributed by atoms with Gasteiger partial charge in [0, 0.05) is 36.7 Å². The summed E-state index contributed by atoms with van der Waals surface area (Å²) in [5.41, 5.74) is 3.81. The standard InChI is InChI=1S/C24H24N4O2S.ClH/c1-3-28(4-2)17-8-6-15-12-18(24(29)30-20(15)14-17)23-27-19-9-7-16(13-21(19)31-23)22-25-10-5-11-26-22;/h6-9,12-14H,3-5,10-11H2,1-2H3,(H,25,26);1H. The topological polar surface area (TPSA) is 72.3 Å². The number of anilines is 1. The summed E-state index contributed by atoms with van der Waals surface area (Å²) < 4.78 is 6.75. The molecule has 0 atom stereocenters. The van der Waals surface area contributed by atoms with Crippen molar-refractivity contribution in [1.82, 2.24) is 10.3 Å². The van der Waals surface area contributed by atoms with Crippen LogP contribution in [-0.2, 0) is 0 Å². The second-order valence-electron chi connectivity index (χ2n) is 7.63. The number of thiazole rings is 1. The molecular formula is C24H25ClN4O2S. The average Bonchev–Trinajstić information content (AvgIpc) is 3.23. The fraction of sp³-hybridized carbons (Fsp3) is 0.292. The van der Waals surface area contributed by atoms with Crippen LogP contribution in [-0.4, -0.2) is 37.0 Å². The molecule has 3 heterocycles. The number of hydrogen-bond donors (Lipinski definition) is 2. The molecule has 0 fully saturated rings. The third kappa shape index (κ3) is 4.10. The number of halogens is 1. The molecule has 2 aromatic heterocycles. The summed E-state index contributed by atoms with van der Waals surface area (Å²) >= 11 is 1.52. The third-order valence-corrected chi connectivity index (χ3v) is 6.76. The molecule has 0 bridgehead atoms. The van der Waals surface area contributed by atoms with Crippen molar-refractivity contribution in [3.63, 3.8) is 0 Å². The van der Waals surface area contributed by atoms with Gasteiger partial charge < -0.3 is 21.7 Å². The predicted octanol–water partition coefficient (Wildman–Crippen LogP) is -0.260. The lowest BCUT2D eigenvalue weighted by Gasteiger charge is -2.20. The number of amidine groups is 1. The van der Waals surface area contributed by atoms with Crippen LogP contribution in [0, 0.1) is 0 Å². The van der Waals surface area contributed by atoms with E-state index in [1.54, 1.807) is 0 Å². The number of fused-ring (bicyclic) bond motifs is 2. The molecule has 0 unspecified atom stereocenters. The van der Waals surface area contributed by atoms with E-state index in [0.29, 0.717) is 16.2 Å². The van der Waals surface area contributed by atoms with Crippen molar-refractivity contribution in [1.29, 1.82) is 0 Å². The SMILES string of the molecule is CCN(CC)c1ccc2cc(-c3nc4ccc(C5=[NH+]CCCN5)cc4s3)c(=O)oc2c1.[Cl-]. The first-order valence-corrected chi connectivity index (χ1v) is 11.6. The highest BCUT2D eigenvalue weighted by atomic mass is 35.5. The molecule has 2 N–H and O–H groups in total. The lowest BCUT2D eigenvalue weighted by Crippen LogP contribution is -3.00. The zero-order valence-corrected chi connectivity index (χ0v) is 19.6. The van der Waals surface area contributed by atoms with Gasteiger partial charge in [-0.1, -0.05) is 0 Å². The predicted molar refractivity (Wildman–Crippen MR) is 127 cm³/mol. The number of hydrogen-bond acceptors (Lipinski definition) is 6. The third-order valence-electron chi connectivity index (χ3n) is 5.71. The lowest BCUT2D eigenvalue weighted by molar-refractivity contribution is -0.463. The fourth-order valence-electron chi connectivity index (χ4n) is 4.01. The Labute approximate surface area is 196 Å². The van der Waals surface area contributed by atoms with Crippen molar-refractivity contribution < 1.29 is 21.8 Å². The fourth-order valence-corrected chi connectivity index (χ4v) is 5.02. The molecule has 4 aromatic rings. The first-order valence-electron chi connectivity index (χ1n) is 10.7. The van der Waals surface area contributed by atoms with E-state index < -0.39 is 0 Å². The van der Waals surface area contributed by atoms with Crippen LogP contribution in [0.15, 0.2) is 51.7 Å². The molecule has 2 aromatic carbocycles. The summed E-state index contributed by atoms with van der Waals surface area (Å²) in [6.45, 7) is 7.99. The summed E-state index contributed by atoms with van der Waals surface area (Å²) in [7, 11) is 0. The normalized spacial score (nSPS) is 13.5. The molecule has 0 saturated carbocycles. The van der Waals surface area contributed by atoms with E-state index in [9.17, 15) is 4.79 Å². The van der Waals surface area contributed by atoms with Gasteiger partial charge >= 0.3 is 5.63 Å². The number of aromatic nitrogens is 1. The number of rotatable bonds is 5. The molecule has 0 spiro atoms. The highest BCUT2D eigenvalue weighted by molar-refractivity contribution is 7.21. The smallest absolute Gasteiger partial charge is 0.346 e. The second kappa shape index (κ2) is 9.30. The van der Waals surface area contributed by atoms with Crippen LogP contribution < -0.4 is 33.2 Å². The first kappa shape index (κ1) is 22.3. The van der Waals surface area contributed by atoms with Crippen molar-refractivity contribution in [2.24, 2.45) is 0 Å². The molecule has 32 heavy (non-hydrogen) atoms. The minimum absolute atomic E-state index is 0. The molecular weight excluding hydrogens is 444 g/mol. The van der Waals surface area contributed by atoms with Gasteiger partial charge in [-0.3, -0.25) is 10.3 Å². The van der Waals surface area contributed by atoms with E-state index in [1.165, 1.54) is 11.3 Å². The average molecular weight is 469 g/mol. The summed E-state index contributed by atoms with van der Waals surface area (Å²) in [6, 6.07) is 14.1. The minimum atomic E-state index is -0.353. The number of benzene rings is 2. The van der Waals surface area contributed by atoms with Crippen LogP contribution in [0.2, 0.25) is 0 Å². The van der Waals surface area contributed by atoms with Gasteiger partial charge in [-0.05, 0) is 50.2 Å².